The quantitative estimate of drug-likeness (QED) is 0.612. The number of aryl methyl sites for hydroxylation is 4. The SMILES string of the molecule is Cc1nc2c(C)cn(C)c2nc1C. The van der Waals surface area contributed by atoms with Crippen molar-refractivity contribution in [3.8, 4) is 0 Å². The Hall–Kier alpha value is -1.38. The van der Waals surface area contributed by atoms with Crippen molar-refractivity contribution in [2.45, 2.75) is 20.8 Å². The molecule has 0 atom stereocenters. The number of nitrogens with zero attached hydrogens (tertiary/aromatic N) is 3. The fourth-order valence-electron chi connectivity index (χ4n) is 1.51. The first-order valence-electron chi connectivity index (χ1n) is 4.36. The second kappa shape index (κ2) is 2.55. The zero-order valence-electron chi connectivity index (χ0n) is 8.42. The molecule has 0 N–H and O–H groups in total. The van der Waals surface area contributed by atoms with E-state index in [-0.39, 0.29) is 0 Å². The molecule has 0 aliphatic rings. The molecule has 3 nitrogen and oxygen atoms in total. The van der Waals surface area contributed by atoms with Crippen molar-refractivity contribution in [2.24, 2.45) is 7.05 Å². The molecule has 3 heteroatoms. The summed E-state index contributed by atoms with van der Waals surface area (Å²) in [5.41, 5.74) is 5.20. The molecule has 0 aliphatic carbocycles. The lowest BCUT2D eigenvalue weighted by molar-refractivity contribution is 0.932. The third kappa shape index (κ3) is 1.11. The Kier molecular flexibility index (Phi) is 1.62. The van der Waals surface area contributed by atoms with Gasteiger partial charge in [-0.25, -0.2) is 9.97 Å². The molecule has 0 aliphatic heterocycles. The van der Waals surface area contributed by atoms with E-state index in [0.717, 1.165) is 22.6 Å². The Labute approximate surface area is 77.4 Å². The molecule has 0 fully saturated rings. The van der Waals surface area contributed by atoms with Crippen LogP contribution in [0.25, 0.3) is 11.2 Å². The van der Waals surface area contributed by atoms with Gasteiger partial charge in [0.25, 0.3) is 0 Å². The Morgan fingerprint density at radius 2 is 1.69 bits per heavy atom. The Morgan fingerprint density at radius 1 is 1.08 bits per heavy atom. The van der Waals surface area contributed by atoms with E-state index < -0.39 is 0 Å². The highest BCUT2D eigenvalue weighted by Gasteiger charge is 2.07. The van der Waals surface area contributed by atoms with Gasteiger partial charge in [-0.2, -0.15) is 0 Å². The van der Waals surface area contributed by atoms with Crippen molar-refractivity contribution >= 4 is 11.2 Å². The predicted octanol–water partition coefficient (Wildman–Crippen LogP) is 1.89. The van der Waals surface area contributed by atoms with Crippen LogP contribution in [0.4, 0.5) is 0 Å². The largest absolute Gasteiger partial charge is 0.334 e. The summed E-state index contributed by atoms with van der Waals surface area (Å²) in [5, 5.41) is 0. The third-order valence-electron chi connectivity index (χ3n) is 2.38. The zero-order valence-corrected chi connectivity index (χ0v) is 8.42. The molecule has 0 aromatic carbocycles. The average Bonchev–Trinajstić information content (AvgIpc) is 2.31. The highest BCUT2D eigenvalue weighted by Crippen LogP contribution is 2.16. The zero-order chi connectivity index (χ0) is 9.59. The summed E-state index contributed by atoms with van der Waals surface area (Å²) in [6, 6.07) is 0. The first-order valence-corrected chi connectivity index (χ1v) is 4.36. The highest BCUT2D eigenvalue weighted by atomic mass is 15.0. The first-order chi connectivity index (χ1) is 6.09. The molecule has 0 saturated heterocycles. The molecule has 68 valence electrons. The van der Waals surface area contributed by atoms with Crippen LogP contribution in [0.5, 0.6) is 0 Å². The van der Waals surface area contributed by atoms with E-state index >= 15 is 0 Å². The van der Waals surface area contributed by atoms with Gasteiger partial charge in [-0.15, -0.1) is 0 Å². The first kappa shape index (κ1) is 8.23. The lowest BCUT2D eigenvalue weighted by atomic mass is 10.3. The van der Waals surface area contributed by atoms with Gasteiger partial charge in [-0.3, -0.25) is 0 Å². The van der Waals surface area contributed by atoms with Crippen LogP contribution in [0.1, 0.15) is 17.0 Å². The second-order valence-electron chi connectivity index (χ2n) is 3.49. The van der Waals surface area contributed by atoms with Crippen molar-refractivity contribution in [2.75, 3.05) is 0 Å². The van der Waals surface area contributed by atoms with Crippen LogP contribution in [0.2, 0.25) is 0 Å². The van der Waals surface area contributed by atoms with Crippen LogP contribution in [-0.4, -0.2) is 14.5 Å². The van der Waals surface area contributed by atoms with Crippen LogP contribution >= 0.6 is 0 Å². The maximum Gasteiger partial charge on any atom is 0.158 e. The maximum absolute atomic E-state index is 4.51. The summed E-state index contributed by atoms with van der Waals surface area (Å²) in [4.78, 5) is 9.01. The summed E-state index contributed by atoms with van der Waals surface area (Å²) in [6.07, 6.45) is 2.06. The fourth-order valence-corrected chi connectivity index (χ4v) is 1.51. The van der Waals surface area contributed by atoms with Gasteiger partial charge in [-0.1, -0.05) is 0 Å². The molecule has 2 rings (SSSR count). The van der Waals surface area contributed by atoms with Crippen molar-refractivity contribution in [1.82, 2.24) is 14.5 Å². The summed E-state index contributed by atoms with van der Waals surface area (Å²) in [7, 11) is 2.00. The summed E-state index contributed by atoms with van der Waals surface area (Å²) >= 11 is 0. The lowest BCUT2D eigenvalue weighted by Gasteiger charge is -1.99. The van der Waals surface area contributed by atoms with Crippen LogP contribution in [0.15, 0.2) is 6.20 Å². The lowest BCUT2D eigenvalue weighted by Crippen LogP contribution is -1.95. The standard InChI is InChI=1S/C10H13N3/c1-6-5-13(4)10-9(6)11-7(2)8(3)12-10/h5H,1-4H3. The molecule has 0 amide bonds. The minimum Gasteiger partial charge on any atom is -0.334 e. The van der Waals surface area contributed by atoms with E-state index in [9.17, 15) is 0 Å². The van der Waals surface area contributed by atoms with Crippen molar-refractivity contribution < 1.29 is 0 Å². The number of rotatable bonds is 0. The van der Waals surface area contributed by atoms with Crippen molar-refractivity contribution in [3.63, 3.8) is 0 Å². The molecular weight excluding hydrogens is 162 g/mol. The van der Waals surface area contributed by atoms with Crippen molar-refractivity contribution in [3.05, 3.63) is 23.1 Å². The van der Waals surface area contributed by atoms with Crippen molar-refractivity contribution in [1.29, 1.82) is 0 Å². The minimum atomic E-state index is 0.973. The molecule has 2 aromatic rings. The molecule has 13 heavy (non-hydrogen) atoms. The maximum atomic E-state index is 4.51. The molecule has 0 radical (unpaired) electrons. The summed E-state index contributed by atoms with van der Waals surface area (Å²) < 4.78 is 2.02. The Balaban J connectivity index is 2.91. The Bertz CT molecular complexity index is 426. The number of fused-ring (bicyclic) bond motifs is 1. The monoisotopic (exact) mass is 175 g/mol. The molecule has 0 saturated carbocycles. The molecule has 2 heterocycles. The van der Waals surface area contributed by atoms with Gasteiger partial charge in [0.1, 0.15) is 5.52 Å². The van der Waals surface area contributed by atoms with E-state index in [4.69, 9.17) is 0 Å². The van der Waals surface area contributed by atoms with E-state index in [0.29, 0.717) is 0 Å². The van der Waals surface area contributed by atoms with E-state index in [1.807, 2.05) is 25.5 Å². The van der Waals surface area contributed by atoms with Crippen LogP contribution in [0, 0.1) is 20.8 Å². The second-order valence-corrected chi connectivity index (χ2v) is 3.49. The smallest absolute Gasteiger partial charge is 0.158 e. The fraction of sp³-hybridized carbons (Fsp3) is 0.400. The number of hydrogen-bond donors (Lipinski definition) is 0. The van der Waals surface area contributed by atoms with Gasteiger partial charge in [-0.05, 0) is 26.3 Å². The third-order valence-corrected chi connectivity index (χ3v) is 2.38. The Morgan fingerprint density at radius 3 is 2.38 bits per heavy atom. The molecular formula is C10H13N3. The van der Waals surface area contributed by atoms with Gasteiger partial charge in [0.15, 0.2) is 5.65 Å². The topological polar surface area (TPSA) is 30.7 Å². The van der Waals surface area contributed by atoms with Gasteiger partial charge >= 0.3 is 0 Å². The minimum absolute atomic E-state index is 0.973. The molecule has 2 aromatic heterocycles. The number of hydrogen-bond acceptors (Lipinski definition) is 2. The van der Waals surface area contributed by atoms with E-state index in [2.05, 4.69) is 23.1 Å². The van der Waals surface area contributed by atoms with Crippen LogP contribution in [0.3, 0.4) is 0 Å². The average molecular weight is 175 g/mol. The highest BCUT2D eigenvalue weighted by molar-refractivity contribution is 5.75. The van der Waals surface area contributed by atoms with Gasteiger partial charge < -0.3 is 4.57 Å². The van der Waals surface area contributed by atoms with Gasteiger partial charge in [0.2, 0.25) is 0 Å². The molecule has 0 bridgehead atoms. The van der Waals surface area contributed by atoms with E-state index in [1.165, 1.54) is 5.56 Å². The van der Waals surface area contributed by atoms with Gasteiger partial charge in [0.05, 0.1) is 11.4 Å². The normalized spacial score (nSPS) is 11.1. The van der Waals surface area contributed by atoms with Gasteiger partial charge in [0, 0.05) is 13.2 Å². The number of aromatic nitrogens is 3. The molecule has 0 unspecified atom stereocenters. The van der Waals surface area contributed by atoms with Crippen LogP contribution < -0.4 is 0 Å². The summed E-state index contributed by atoms with van der Waals surface area (Å²) in [6.45, 7) is 6.05. The van der Waals surface area contributed by atoms with E-state index in [1.54, 1.807) is 0 Å². The predicted molar refractivity (Wildman–Crippen MR) is 52.7 cm³/mol. The molecule has 0 spiro atoms. The summed E-state index contributed by atoms with van der Waals surface area (Å²) in [5.74, 6) is 0. The van der Waals surface area contributed by atoms with Crippen LogP contribution in [-0.2, 0) is 7.05 Å².